The van der Waals surface area contributed by atoms with Gasteiger partial charge in [0.15, 0.2) is 0 Å². The molecule has 0 radical (unpaired) electrons. The Balaban J connectivity index is 2.85. The second-order valence-electron chi connectivity index (χ2n) is 2.65. The van der Waals surface area contributed by atoms with E-state index >= 15 is 0 Å². The van der Waals surface area contributed by atoms with E-state index < -0.39 is 0 Å². The molecule has 0 fully saturated rings. The normalized spacial score (nSPS) is 10.9. The highest BCUT2D eigenvalue weighted by Gasteiger charge is 2.08. The number of hydrogen-bond donors (Lipinski definition) is 1. The molecular formula is C9H8INS2. The quantitative estimate of drug-likeness (QED) is 0.491. The van der Waals surface area contributed by atoms with E-state index in [0.717, 1.165) is 5.69 Å². The van der Waals surface area contributed by atoms with Crippen LogP contribution in [0.25, 0.3) is 10.1 Å². The number of thioether (sulfide) groups is 1. The summed E-state index contributed by atoms with van der Waals surface area (Å²) < 4.78 is 2.50. The van der Waals surface area contributed by atoms with Gasteiger partial charge in [-0.15, -0.1) is 23.1 Å². The van der Waals surface area contributed by atoms with Crippen molar-refractivity contribution >= 4 is 61.5 Å². The summed E-state index contributed by atoms with van der Waals surface area (Å²) in [6.45, 7) is 0. The number of nitrogens with two attached hydrogens (primary N) is 1. The van der Waals surface area contributed by atoms with Gasteiger partial charge < -0.3 is 5.73 Å². The van der Waals surface area contributed by atoms with Gasteiger partial charge in [-0.25, -0.2) is 0 Å². The molecule has 0 saturated carbocycles. The Morgan fingerprint density at radius 2 is 2.23 bits per heavy atom. The van der Waals surface area contributed by atoms with Crippen LogP contribution in [-0.2, 0) is 0 Å². The summed E-state index contributed by atoms with van der Waals surface area (Å²) in [5, 5.41) is 3.51. The van der Waals surface area contributed by atoms with Crippen molar-refractivity contribution < 1.29 is 0 Å². The number of halogens is 1. The standard InChI is InChI=1S/C9H8INS2/c1-12-7-4-13-6-3-2-5(11)9(10)8(6)7/h2-4H,11H2,1H3. The van der Waals surface area contributed by atoms with Gasteiger partial charge in [0.1, 0.15) is 0 Å². The molecule has 2 aromatic rings. The van der Waals surface area contributed by atoms with Crippen LogP contribution in [0.2, 0.25) is 0 Å². The molecule has 2 N–H and O–H groups in total. The molecule has 1 nitrogen and oxygen atoms in total. The van der Waals surface area contributed by atoms with Crippen molar-refractivity contribution in [3.8, 4) is 0 Å². The van der Waals surface area contributed by atoms with Gasteiger partial charge in [-0.2, -0.15) is 0 Å². The Morgan fingerprint density at radius 3 is 2.92 bits per heavy atom. The van der Waals surface area contributed by atoms with Crippen LogP contribution in [0.15, 0.2) is 22.4 Å². The molecule has 0 aliphatic carbocycles. The van der Waals surface area contributed by atoms with Gasteiger partial charge in [0.25, 0.3) is 0 Å². The lowest BCUT2D eigenvalue weighted by atomic mass is 10.2. The molecule has 0 aliphatic heterocycles. The van der Waals surface area contributed by atoms with E-state index in [1.54, 1.807) is 23.1 Å². The molecule has 2 rings (SSSR count). The predicted octanol–water partition coefficient (Wildman–Crippen LogP) is 3.81. The van der Waals surface area contributed by atoms with Crippen molar-refractivity contribution in [3.63, 3.8) is 0 Å². The van der Waals surface area contributed by atoms with Gasteiger partial charge in [-0.3, -0.25) is 0 Å². The second-order valence-corrected chi connectivity index (χ2v) is 5.48. The van der Waals surface area contributed by atoms with Crippen LogP contribution in [0.4, 0.5) is 5.69 Å². The summed E-state index contributed by atoms with van der Waals surface area (Å²) in [7, 11) is 0. The lowest BCUT2D eigenvalue weighted by molar-refractivity contribution is 1.62. The number of benzene rings is 1. The van der Waals surface area contributed by atoms with Crippen LogP contribution >= 0.6 is 45.7 Å². The molecule has 1 heterocycles. The first-order chi connectivity index (χ1) is 6.24. The maximum atomic E-state index is 5.86. The summed E-state index contributed by atoms with van der Waals surface area (Å²) in [6, 6.07) is 4.07. The largest absolute Gasteiger partial charge is 0.398 e. The van der Waals surface area contributed by atoms with E-state index in [1.807, 2.05) is 6.07 Å². The van der Waals surface area contributed by atoms with E-state index in [4.69, 9.17) is 5.73 Å². The number of thiophene rings is 1. The average Bonchev–Trinajstić information content (AvgIpc) is 2.55. The van der Waals surface area contributed by atoms with Crippen molar-refractivity contribution in [1.82, 2.24) is 0 Å². The molecule has 0 amide bonds. The number of fused-ring (bicyclic) bond motifs is 1. The minimum absolute atomic E-state index is 0.877. The first-order valence-corrected chi connectivity index (χ1v) is 6.91. The SMILES string of the molecule is CSc1csc2ccc(N)c(I)c12. The Labute approximate surface area is 98.8 Å². The molecule has 1 aromatic heterocycles. The maximum absolute atomic E-state index is 5.86. The van der Waals surface area contributed by atoms with Crippen molar-refractivity contribution in [1.29, 1.82) is 0 Å². The molecule has 0 spiro atoms. The van der Waals surface area contributed by atoms with Crippen molar-refractivity contribution in [2.75, 3.05) is 12.0 Å². The first kappa shape index (κ1) is 9.61. The molecule has 0 bridgehead atoms. The third kappa shape index (κ3) is 1.55. The van der Waals surface area contributed by atoms with Crippen LogP contribution in [0.3, 0.4) is 0 Å². The summed E-state index contributed by atoms with van der Waals surface area (Å²) in [4.78, 5) is 1.33. The zero-order valence-electron chi connectivity index (χ0n) is 7.00. The number of anilines is 1. The molecular weight excluding hydrogens is 313 g/mol. The highest BCUT2D eigenvalue weighted by molar-refractivity contribution is 14.1. The van der Waals surface area contributed by atoms with E-state index in [1.165, 1.54) is 18.6 Å². The summed E-state index contributed by atoms with van der Waals surface area (Å²) in [5.74, 6) is 0. The lowest BCUT2D eigenvalue weighted by Crippen LogP contribution is -1.88. The molecule has 0 atom stereocenters. The average molecular weight is 321 g/mol. The van der Waals surface area contributed by atoms with E-state index in [9.17, 15) is 0 Å². The molecule has 0 aliphatic rings. The van der Waals surface area contributed by atoms with Crippen LogP contribution in [0, 0.1) is 3.57 Å². The minimum Gasteiger partial charge on any atom is -0.398 e. The summed E-state index contributed by atoms with van der Waals surface area (Å²) in [5.41, 5.74) is 6.73. The highest BCUT2D eigenvalue weighted by atomic mass is 127. The van der Waals surface area contributed by atoms with E-state index in [0.29, 0.717) is 0 Å². The lowest BCUT2D eigenvalue weighted by Gasteiger charge is -2.01. The van der Waals surface area contributed by atoms with Gasteiger partial charge >= 0.3 is 0 Å². The van der Waals surface area contributed by atoms with E-state index in [-0.39, 0.29) is 0 Å². The van der Waals surface area contributed by atoms with Crippen molar-refractivity contribution in [2.45, 2.75) is 4.90 Å². The third-order valence-electron chi connectivity index (χ3n) is 1.89. The predicted molar refractivity (Wildman–Crippen MR) is 70.7 cm³/mol. The molecule has 13 heavy (non-hydrogen) atoms. The highest BCUT2D eigenvalue weighted by Crippen LogP contribution is 2.37. The second kappa shape index (κ2) is 3.67. The van der Waals surface area contributed by atoms with Gasteiger partial charge in [-0.1, -0.05) is 0 Å². The van der Waals surface area contributed by atoms with Gasteiger partial charge in [0.2, 0.25) is 0 Å². The Morgan fingerprint density at radius 1 is 1.46 bits per heavy atom. The molecule has 0 unspecified atom stereocenters. The molecule has 4 heteroatoms. The summed E-state index contributed by atoms with van der Waals surface area (Å²) in [6.07, 6.45) is 2.10. The number of nitrogen functional groups attached to an aromatic ring is 1. The van der Waals surface area contributed by atoms with Crippen LogP contribution in [-0.4, -0.2) is 6.26 Å². The maximum Gasteiger partial charge on any atom is 0.0458 e. The van der Waals surface area contributed by atoms with Crippen LogP contribution < -0.4 is 5.73 Å². The zero-order chi connectivity index (χ0) is 9.42. The Bertz CT molecular complexity index is 450. The van der Waals surface area contributed by atoms with Crippen molar-refractivity contribution in [3.05, 3.63) is 21.1 Å². The Kier molecular flexibility index (Phi) is 2.71. The van der Waals surface area contributed by atoms with Crippen molar-refractivity contribution in [2.24, 2.45) is 0 Å². The fourth-order valence-electron chi connectivity index (χ4n) is 1.23. The van der Waals surface area contributed by atoms with Crippen LogP contribution in [0.5, 0.6) is 0 Å². The number of hydrogen-bond acceptors (Lipinski definition) is 3. The molecule has 0 saturated heterocycles. The van der Waals surface area contributed by atoms with E-state index in [2.05, 4.69) is 40.3 Å². The molecule has 1 aromatic carbocycles. The fourth-order valence-corrected chi connectivity index (χ4v) is 4.19. The number of rotatable bonds is 1. The molecule has 68 valence electrons. The third-order valence-corrected chi connectivity index (χ3v) is 4.91. The van der Waals surface area contributed by atoms with Gasteiger partial charge in [0, 0.05) is 29.6 Å². The first-order valence-electron chi connectivity index (χ1n) is 3.73. The van der Waals surface area contributed by atoms with Gasteiger partial charge in [-0.05, 0) is 41.0 Å². The minimum atomic E-state index is 0.877. The topological polar surface area (TPSA) is 26.0 Å². The smallest absolute Gasteiger partial charge is 0.0458 e. The Hall–Kier alpha value is 0.0600. The summed E-state index contributed by atoms with van der Waals surface area (Å²) >= 11 is 5.87. The van der Waals surface area contributed by atoms with Gasteiger partial charge in [0.05, 0.1) is 0 Å². The fraction of sp³-hybridized carbons (Fsp3) is 0.111. The van der Waals surface area contributed by atoms with Crippen LogP contribution in [0.1, 0.15) is 0 Å². The zero-order valence-corrected chi connectivity index (χ0v) is 10.8. The monoisotopic (exact) mass is 321 g/mol.